The second kappa shape index (κ2) is 7.25. The normalized spacial score (nSPS) is 10.2. The maximum atomic E-state index is 11.6. The molecule has 2 aromatic rings. The summed E-state index contributed by atoms with van der Waals surface area (Å²) in [5.41, 5.74) is 0. The molecular formula is C13H13BrN2O3S. The lowest BCUT2D eigenvalue weighted by Gasteiger charge is -2.04. The van der Waals surface area contributed by atoms with Crippen molar-refractivity contribution in [3.05, 3.63) is 45.0 Å². The SMILES string of the molecule is O=C(CCNC(=O)c1ccco1)NCc1ccc(Br)s1. The summed E-state index contributed by atoms with van der Waals surface area (Å²) in [5, 5.41) is 5.42. The number of nitrogens with one attached hydrogen (secondary N) is 2. The highest BCUT2D eigenvalue weighted by atomic mass is 79.9. The molecule has 0 aromatic carbocycles. The molecule has 2 rings (SSSR count). The molecule has 2 aromatic heterocycles. The molecule has 2 amide bonds. The third-order valence-corrected chi connectivity index (χ3v) is 4.09. The predicted molar refractivity (Wildman–Crippen MR) is 79.5 cm³/mol. The fraction of sp³-hybridized carbons (Fsp3) is 0.231. The third kappa shape index (κ3) is 4.50. The quantitative estimate of drug-likeness (QED) is 0.835. The highest BCUT2D eigenvalue weighted by molar-refractivity contribution is 9.11. The summed E-state index contributed by atoms with van der Waals surface area (Å²) in [7, 11) is 0. The van der Waals surface area contributed by atoms with Gasteiger partial charge in [0, 0.05) is 17.8 Å². The van der Waals surface area contributed by atoms with E-state index in [1.807, 2.05) is 12.1 Å². The van der Waals surface area contributed by atoms with E-state index >= 15 is 0 Å². The Bertz CT molecular complexity index is 580. The van der Waals surface area contributed by atoms with Crippen molar-refractivity contribution in [2.24, 2.45) is 0 Å². The Morgan fingerprint density at radius 2 is 2.10 bits per heavy atom. The molecule has 0 radical (unpaired) electrons. The maximum absolute atomic E-state index is 11.6. The molecular weight excluding hydrogens is 344 g/mol. The van der Waals surface area contributed by atoms with Crippen molar-refractivity contribution >= 4 is 39.1 Å². The number of halogens is 1. The number of thiophene rings is 1. The lowest BCUT2D eigenvalue weighted by molar-refractivity contribution is -0.121. The van der Waals surface area contributed by atoms with Crippen molar-refractivity contribution in [2.75, 3.05) is 6.54 Å². The molecule has 0 saturated carbocycles. The average Bonchev–Trinajstić information content (AvgIpc) is 3.07. The van der Waals surface area contributed by atoms with Crippen molar-refractivity contribution in [2.45, 2.75) is 13.0 Å². The van der Waals surface area contributed by atoms with Gasteiger partial charge in [-0.15, -0.1) is 11.3 Å². The second-order valence-corrected chi connectivity index (χ2v) is 6.51. The highest BCUT2D eigenvalue weighted by Gasteiger charge is 2.08. The van der Waals surface area contributed by atoms with E-state index in [4.69, 9.17) is 4.42 Å². The summed E-state index contributed by atoms with van der Waals surface area (Å²) in [6, 6.07) is 7.11. The predicted octanol–water partition coefficient (Wildman–Crippen LogP) is 2.54. The first-order valence-electron chi connectivity index (χ1n) is 5.98. The van der Waals surface area contributed by atoms with Gasteiger partial charge >= 0.3 is 0 Å². The molecule has 0 atom stereocenters. The van der Waals surface area contributed by atoms with Crippen LogP contribution >= 0.6 is 27.3 Å². The molecule has 0 aliphatic carbocycles. The van der Waals surface area contributed by atoms with Crippen LogP contribution in [0.25, 0.3) is 0 Å². The minimum Gasteiger partial charge on any atom is -0.459 e. The van der Waals surface area contributed by atoms with Gasteiger partial charge in [0.15, 0.2) is 5.76 Å². The van der Waals surface area contributed by atoms with Crippen molar-refractivity contribution in [3.63, 3.8) is 0 Å². The van der Waals surface area contributed by atoms with E-state index in [0.29, 0.717) is 6.54 Å². The van der Waals surface area contributed by atoms with Gasteiger partial charge in [-0.2, -0.15) is 0 Å². The van der Waals surface area contributed by atoms with Crippen LogP contribution in [0.2, 0.25) is 0 Å². The minimum atomic E-state index is -0.315. The molecule has 0 fully saturated rings. The topological polar surface area (TPSA) is 71.3 Å². The standard InChI is InChI=1S/C13H13BrN2O3S/c14-11-4-3-9(20-11)8-16-12(17)5-6-15-13(18)10-2-1-7-19-10/h1-4,7H,5-6,8H2,(H,15,18)(H,16,17). The summed E-state index contributed by atoms with van der Waals surface area (Å²) < 4.78 is 5.98. The van der Waals surface area contributed by atoms with Gasteiger partial charge in [0.25, 0.3) is 5.91 Å². The number of hydrogen-bond donors (Lipinski definition) is 2. The number of hydrogen-bond acceptors (Lipinski definition) is 4. The van der Waals surface area contributed by atoms with E-state index in [0.717, 1.165) is 8.66 Å². The molecule has 0 aliphatic rings. The Morgan fingerprint density at radius 1 is 1.25 bits per heavy atom. The molecule has 0 aliphatic heterocycles. The van der Waals surface area contributed by atoms with Gasteiger partial charge < -0.3 is 15.1 Å². The van der Waals surface area contributed by atoms with Gasteiger partial charge in [-0.25, -0.2) is 0 Å². The second-order valence-electron chi connectivity index (χ2n) is 3.97. The number of furan rings is 1. The summed E-state index contributed by atoms with van der Waals surface area (Å²) >= 11 is 4.94. The largest absolute Gasteiger partial charge is 0.459 e. The molecule has 0 unspecified atom stereocenters. The van der Waals surface area contributed by atoms with Crippen LogP contribution in [0.4, 0.5) is 0 Å². The van der Waals surface area contributed by atoms with Crippen LogP contribution in [0, 0.1) is 0 Å². The van der Waals surface area contributed by atoms with Crippen LogP contribution in [0.1, 0.15) is 21.9 Å². The Balaban J connectivity index is 1.64. The van der Waals surface area contributed by atoms with Crippen molar-refractivity contribution in [1.82, 2.24) is 10.6 Å². The number of amides is 2. The summed E-state index contributed by atoms with van der Waals surface area (Å²) in [6.07, 6.45) is 1.67. The van der Waals surface area contributed by atoms with Crippen LogP contribution in [0.3, 0.4) is 0 Å². The summed E-state index contributed by atoms with van der Waals surface area (Å²) in [4.78, 5) is 24.2. The average molecular weight is 357 g/mol. The van der Waals surface area contributed by atoms with Gasteiger partial charge in [0.05, 0.1) is 16.6 Å². The van der Waals surface area contributed by atoms with Gasteiger partial charge in [-0.05, 0) is 40.2 Å². The van der Waals surface area contributed by atoms with E-state index < -0.39 is 0 Å². The Labute approximate surface area is 128 Å². The minimum absolute atomic E-state index is 0.103. The van der Waals surface area contributed by atoms with Gasteiger partial charge in [-0.1, -0.05) is 0 Å². The number of carbonyl (C=O) groups excluding carboxylic acids is 2. The monoisotopic (exact) mass is 356 g/mol. The Hall–Kier alpha value is -1.60. The van der Waals surface area contributed by atoms with E-state index in [9.17, 15) is 9.59 Å². The molecule has 2 N–H and O–H groups in total. The smallest absolute Gasteiger partial charge is 0.286 e. The van der Waals surface area contributed by atoms with Gasteiger partial charge in [0.2, 0.25) is 5.91 Å². The number of rotatable bonds is 6. The Morgan fingerprint density at radius 3 is 2.75 bits per heavy atom. The molecule has 2 heterocycles. The summed E-state index contributed by atoms with van der Waals surface area (Å²) in [6.45, 7) is 0.779. The molecule has 0 saturated heterocycles. The van der Waals surface area contributed by atoms with Crippen LogP contribution < -0.4 is 10.6 Å². The van der Waals surface area contributed by atoms with Crippen LogP contribution in [-0.2, 0) is 11.3 Å². The van der Waals surface area contributed by atoms with E-state index in [2.05, 4.69) is 26.6 Å². The van der Waals surface area contributed by atoms with Crippen molar-refractivity contribution in [3.8, 4) is 0 Å². The van der Waals surface area contributed by atoms with E-state index in [1.165, 1.54) is 6.26 Å². The first-order chi connectivity index (χ1) is 9.65. The zero-order chi connectivity index (χ0) is 14.4. The Kier molecular flexibility index (Phi) is 5.37. The van der Waals surface area contributed by atoms with Gasteiger partial charge in [-0.3, -0.25) is 9.59 Å². The lowest BCUT2D eigenvalue weighted by Crippen LogP contribution is -2.30. The maximum Gasteiger partial charge on any atom is 0.286 e. The van der Waals surface area contributed by atoms with Crippen LogP contribution in [0.15, 0.2) is 38.7 Å². The molecule has 5 nitrogen and oxygen atoms in total. The van der Waals surface area contributed by atoms with Crippen molar-refractivity contribution < 1.29 is 14.0 Å². The molecule has 7 heteroatoms. The summed E-state index contributed by atoms with van der Waals surface area (Å²) in [5.74, 6) is -0.173. The molecule has 106 valence electrons. The molecule has 20 heavy (non-hydrogen) atoms. The van der Waals surface area contributed by atoms with Crippen LogP contribution in [0.5, 0.6) is 0 Å². The fourth-order valence-corrected chi connectivity index (χ4v) is 2.93. The van der Waals surface area contributed by atoms with Crippen molar-refractivity contribution in [1.29, 1.82) is 0 Å². The lowest BCUT2D eigenvalue weighted by atomic mass is 10.3. The van der Waals surface area contributed by atoms with Gasteiger partial charge in [0.1, 0.15) is 0 Å². The zero-order valence-electron chi connectivity index (χ0n) is 10.5. The van der Waals surface area contributed by atoms with Crippen LogP contribution in [-0.4, -0.2) is 18.4 Å². The molecule has 0 bridgehead atoms. The van der Waals surface area contributed by atoms with E-state index in [-0.39, 0.29) is 30.5 Å². The third-order valence-electron chi connectivity index (χ3n) is 2.47. The highest BCUT2D eigenvalue weighted by Crippen LogP contribution is 2.21. The first kappa shape index (κ1) is 14.8. The number of carbonyl (C=O) groups is 2. The molecule has 0 spiro atoms. The van der Waals surface area contributed by atoms with E-state index in [1.54, 1.807) is 23.5 Å². The zero-order valence-corrected chi connectivity index (χ0v) is 12.9. The fourth-order valence-electron chi connectivity index (χ4n) is 1.51. The first-order valence-corrected chi connectivity index (χ1v) is 7.59.